The molecule has 0 bridgehead atoms. The third-order valence-electron chi connectivity index (χ3n) is 1.49. The van der Waals surface area contributed by atoms with Gasteiger partial charge in [0.15, 0.2) is 0 Å². The normalized spacial score (nSPS) is 10.1. The molecule has 60 valence electrons. The molecule has 0 N–H and O–H groups in total. The molecule has 0 amide bonds. The van der Waals surface area contributed by atoms with E-state index in [1.54, 1.807) is 0 Å². The predicted octanol–water partition coefficient (Wildman–Crippen LogP) is 3.77. The molecular formula is C8H7Cl2I. The summed E-state index contributed by atoms with van der Waals surface area (Å²) < 4.78 is 1.19. The zero-order valence-corrected chi connectivity index (χ0v) is 9.45. The molecule has 0 spiro atoms. The minimum Gasteiger partial charge on any atom is -0.122 e. The summed E-state index contributed by atoms with van der Waals surface area (Å²) in [5.74, 6) is 1.08. The third-order valence-corrected chi connectivity index (χ3v) is 3.06. The third kappa shape index (κ3) is 2.23. The van der Waals surface area contributed by atoms with E-state index in [4.69, 9.17) is 23.2 Å². The van der Waals surface area contributed by atoms with Crippen LogP contribution in [0, 0.1) is 3.57 Å². The van der Waals surface area contributed by atoms with E-state index in [9.17, 15) is 0 Å². The maximum Gasteiger partial charge on any atom is 0.0487 e. The highest BCUT2D eigenvalue weighted by Crippen LogP contribution is 2.20. The lowest BCUT2D eigenvalue weighted by molar-refractivity contribution is 1.25. The highest BCUT2D eigenvalue weighted by molar-refractivity contribution is 14.1. The molecule has 0 aliphatic heterocycles. The van der Waals surface area contributed by atoms with Gasteiger partial charge in [-0.05, 0) is 39.8 Å². The minimum atomic E-state index is 0.541. The molecule has 0 heterocycles. The van der Waals surface area contributed by atoms with Crippen molar-refractivity contribution in [2.45, 2.75) is 11.8 Å². The summed E-state index contributed by atoms with van der Waals surface area (Å²) in [6.45, 7) is 0. The maximum absolute atomic E-state index is 5.75. The zero-order chi connectivity index (χ0) is 8.27. The molecular weight excluding hydrogens is 294 g/mol. The van der Waals surface area contributed by atoms with Crippen molar-refractivity contribution in [2.75, 3.05) is 0 Å². The molecule has 0 aliphatic rings. The van der Waals surface area contributed by atoms with Gasteiger partial charge in [0.25, 0.3) is 0 Å². The second-order valence-corrected chi connectivity index (χ2v) is 3.84. The van der Waals surface area contributed by atoms with Crippen molar-refractivity contribution in [3.63, 3.8) is 0 Å². The standard InChI is InChI=1S/C8H7Cl2I/c9-4-6-2-1-3-8(11)7(6)5-10/h1-3H,4-5H2. The van der Waals surface area contributed by atoms with Crippen molar-refractivity contribution >= 4 is 45.8 Å². The Hall–Kier alpha value is 0.530. The lowest BCUT2D eigenvalue weighted by Crippen LogP contribution is -1.91. The molecule has 0 saturated heterocycles. The van der Waals surface area contributed by atoms with E-state index in [-0.39, 0.29) is 0 Å². The van der Waals surface area contributed by atoms with Crippen LogP contribution in [0.25, 0.3) is 0 Å². The van der Waals surface area contributed by atoms with E-state index in [1.165, 1.54) is 3.57 Å². The highest BCUT2D eigenvalue weighted by Gasteiger charge is 2.02. The van der Waals surface area contributed by atoms with Crippen LogP contribution < -0.4 is 0 Å². The van der Waals surface area contributed by atoms with Crippen molar-refractivity contribution in [3.05, 3.63) is 32.9 Å². The Morgan fingerprint density at radius 1 is 1.18 bits per heavy atom. The van der Waals surface area contributed by atoms with Crippen LogP contribution in [0.3, 0.4) is 0 Å². The van der Waals surface area contributed by atoms with Gasteiger partial charge in [0.05, 0.1) is 0 Å². The van der Waals surface area contributed by atoms with E-state index in [0.29, 0.717) is 11.8 Å². The fourth-order valence-corrected chi connectivity index (χ4v) is 2.41. The van der Waals surface area contributed by atoms with Gasteiger partial charge in [-0.25, -0.2) is 0 Å². The smallest absolute Gasteiger partial charge is 0.0487 e. The lowest BCUT2D eigenvalue weighted by atomic mass is 10.1. The summed E-state index contributed by atoms with van der Waals surface area (Å²) in [5, 5.41) is 0. The van der Waals surface area contributed by atoms with Gasteiger partial charge in [0, 0.05) is 15.3 Å². The van der Waals surface area contributed by atoms with Crippen LogP contribution >= 0.6 is 45.8 Å². The van der Waals surface area contributed by atoms with Crippen molar-refractivity contribution in [3.8, 4) is 0 Å². The molecule has 0 atom stereocenters. The van der Waals surface area contributed by atoms with Crippen LogP contribution in [-0.4, -0.2) is 0 Å². The molecule has 1 rings (SSSR count). The molecule has 11 heavy (non-hydrogen) atoms. The second kappa shape index (κ2) is 4.53. The molecule has 0 saturated carbocycles. The van der Waals surface area contributed by atoms with Gasteiger partial charge in [0.1, 0.15) is 0 Å². The molecule has 1 aromatic rings. The lowest BCUT2D eigenvalue weighted by Gasteiger charge is -2.04. The summed E-state index contributed by atoms with van der Waals surface area (Å²) in [7, 11) is 0. The number of benzene rings is 1. The summed E-state index contributed by atoms with van der Waals surface area (Å²) >= 11 is 13.7. The largest absolute Gasteiger partial charge is 0.122 e. The van der Waals surface area contributed by atoms with Gasteiger partial charge in [0.2, 0.25) is 0 Å². The fourth-order valence-electron chi connectivity index (χ4n) is 0.878. The second-order valence-electron chi connectivity index (χ2n) is 2.14. The van der Waals surface area contributed by atoms with E-state index < -0.39 is 0 Å². The van der Waals surface area contributed by atoms with E-state index in [1.807, 2.05) is 18.2 Å². The molecule has 3 heteroatoms. The average Bonchev–Trinajstić information content (AvgIpc) is 2.04. The summed E-state index contributed by atoms with van der Waals surface area (Å²) in [6.07, 6.45) is 0. The first kappa shape index (κ1) is 9.62. The Bertz CT molecular complexity index is 248. The van der Waals surface area contributed by atoms with Gasteiger partial charge in [-0.2, -0.15) is 0 Å². The van der Waals surface area contributed by atoms with Crippen LogP contribution in [0.1, 0.15) is 11.1 Å². The summed E-state index contributed by atoms with van der Waals surface area (Å²) in [6, 6.07) is 6.04. The fraction of sp³-hybridized carbons (Fsp3) is 0.250. The Kier molecular flexibility index (Phi) is 3.96. The van der Waals surface area contributed by atoms with Gasteiger partial charge in [-0.15, -0.1) is 23.2 Å². The monoisotopic (exact) mass is 300 g/mol. The van der Waals surface area contributed by atoms with E-state index >= 15 is 0 Å². The first-order valence-electron chi connectivity index (χ1n) is 3.17. The van der Waals surface area contributed by atoms with Crippen molar-refractivity contribution in [2.24, 2.45) is 0 Å². The van der Waals surface area contributed by atoms with Crippen LogP contribution in [0.4, 0.5) is 0 Å². The number of rotatable bonds is 2. The van der Waals surface area contributed by atoms with Gasteiger partial charge < -0.3 is 0 Å². The van der Waals surface area contributed by atoms with Crippen molar-refractivity contribution in [1.29, 1.82) is 0 Å². The van der Waals surface area contributed by atoms with Gasteiger partial charge >= 0.3 is 0 Å². The van der Waals surface area contributed by atoms with Crippen molar-refractivity contribution in [1.82, 2.24) is 0 Å². The van der Waals surface area contributed by atoms with Crippen LogP contribution in [0.5, 0.6) is 0 Å². The number of alkyl halides is 2. The molecule has 1 aromatic carbocycles. The average molecular weight is 301 g/mol. The van der Waals surface area contributed by atoms with Crippen LogP contribution in [0.15, 0.2) is 18.2 Å². The molecule has 0 aliphatic carbocycles. The van der Waals surface area contributed by atoms with Crippen LogP contribution in [0.2, 0.25) is 0 Å². The Morgan fingerprint density at radius 3 is 2.36 bits per heavy atom. The molecule has 0 unspecified atom stereocenters. The number of hydrogen-bond acceptors (Lipinski definition) is 0. The van der Waals surface area contributed by atoms with Gasteiger partial charge in [-0.1, -0.05) is 12.1 Å². The highest BCUT2D eigenvalue weighted by atomic mass is 127. The molecule has 0 fully saturated rings. The minimum absolute atomic E-state index is 0.541. The predicted molar refractivity (Wildman–Crippen MR) is 58.3 cm³/mol. The van der Waals surface area contributed by atoms with E-state index in [2.05, 4.69) is 22.6 Å². The topological polar surface area (TPSA) is 0 Å². The molecule has 0 radical (unpaired) electrons. The Labute approximate surface area is 90.0 Å². The summed E-state index contributed by atoms with van der Waals surface area (Å²) in [4.78, 5) is 0. The molecule has 0 nitrogen and oxygen atoms in total. The number of halogens is 3. The quantitative estimate of drug-likeness (QED) is 0.576. The Morgan fingerprint density at radius 2 is 1.91 bits per heavy atom. The van der Waals surface area contributed by atoms with E-state index in [0.717, 1.165) is 11.1 Å². The maximum atomic E-state index is 5.75. The van der Waals surface area contributed by atoms with Gasteiger partial charge in [-0.3, -0.25) is 0 Å². The van der Waals surface area contributed by atoms with Crippen LogP contribution in [-0.2, 0) is 11.8 Å². The zero-order valence-electron chi connectivity index (χ0n) is 5.78. The first-order chi connectivity index (χ1) is 5.29. The van der Waals surface area contributed by atoms with Crippen molar-refractivity contribution < 1.29 is 0 Å². The SMILES string of the molecule is ClCc1cccc(I)c1CCl. The summed E-state index contributed by atoms with van der Waals surface area (Å²) in [5.41, 5.74) is 2.29. The number of hydrogen-bond donors (Lipinski definition) is 0. The Balaban J connectivity index is 3.13. The first-order valence-corrected chi connectivity index (χ1v) is 5.32. The molecule has 0 aromatic heterocycles.